The fourth-order valence-corrected chi connectivity index (χ4v) is 2.29. The molecule has 1 aliphatic carbocycles. The predicted molar refractivity (Wildman–Crippen MR) is 73.6 cm³/mol. The highest BCUT2D eigenvalue weighted by atomic mass is 16.1. The average Bonchev–Trinajstić information content (AvgIpc) is 3.19. The van der Waals surface area contributed by atoms with Crippen molar-refractivity contribution in [3.63, 3.8) is 0 Å². The van der Waals surface area contributed by atoms with Crippen molar-refractivity contribution < 1.29 is 0 Å². The number of hydrogen-bond donors (Lipinski definition) is 0. The van der Waals surface area contributed by atoms with Gasteiger partial charge in [-0.1, -0.05) is 23.4 Å². The Balaban J connectivity index is 1.86. The molecule has 0 saturated heterocycles. The maximum absolute atomic E-state index is 12.3. The average molecular weight is 267 g/mol. The minimum absolute atomic E-state index is 0.107. The maximum atomic E-state index is 12.3. The molecule has 1 aromatic carbocycles. The van der Waals surface area contributed by atoms with Crippen molar-refractivity contribution in [3.8, 4) is 5.69 Å². The largest absolute Gasteiger partial charge is 0.280 e. The number of para-hydroxylation sites is 1. The fraction of sp³-hybridized carbons (Fsp3) is 0.286. The van der Waals surface area contributed by atoms with Gasteiger partial charge in [-0.15, -0.1) is 5.10 Å². The zero-order chi connectivity index (χ0) is 13.5. The van der Waals surface area contributed by atoms with E-state index in [1.54, 1.807) is 10.9 Å². The molecule has 0 atom stereocenters. The van der Waals surface area contributed by atoms with Crippen molar-refractivity contribution in [2.24, 2.45) is 5.92 Å². The van der Waals surface area contributed by atoms with Crippen molar-refractivity contribution in [2.75, 3.05) is 0 Å². The Morgan fingerprint density at radius 3 is 2.75 bits per heavy atom. The van der Waals surface area contributed by atoms with Crippen LogP contribution in [0.2, 0.25) is 0 Å². The van der Waals surface area contributed by atoms with Crippen LogP contribution < -0.4 is 5.56 Å². The van der Waals surface area contributed by atoms with E-state index in [2.05, 4.69) is 15.4 Å². The first-order valence-electron chi connectivity index (χ1n) is 6.70. The molecular formula is C14H13N5O. The number of benzene rings is 1. The van der Waals surface area contributed by atoms with E-state index in [1.165, 1.54) is 17.5 Å². The van der Waals surface area contributed by atoms with Crippen LogP contribution in [0.25, 0.3) is 16.7 Å². The zero-order valence-electron chi connectivity index (χ0n) is 10.8. The van der Waals surface area contributed by atoms with Crippen LogP contribution in [0.5, 0.6) is 0 Å². The van der Waals surface area contributed by atoms with Gasteiger partial charge in [0.1, 0.15) is 5.39 Å². The van der Waals surface area contributed by atoms with Gasteiger partial charge in [0.15, 0.2) is 5.65 Å². The normalized spacial score (nSPS) is 14.8. The number of rotatable bonds is 3. The Hall–Kier alpha value is -2.50. The molecule has 20 heavy (non-hydrogen) atoms. The quantitative estimate of drug-likeness (QED) is 0.719. The van der Waals surface area contributed by atoms with E-state index in [1.807, 2.05) is 30.3 Å². The lowest BCUT2D eigenvalue weighted by Crippen LogP contribution is -2.25. The van der Waals surface area contributed by atoms with Gasteiger partial charge in [0, 0.05) is 6.54 Å². The van der Waals surface area contributed by atoms with Crippen LogP contribution in [0.1, 0.15) is 12.8 Å². The summed E-state index contributed by atoms with van der Waals surface area (Å²) in [6, 6.07) is 9.62. The van der Waals surface area contributed by atoms with E-state index in [0.717, 1.165) is 5.69 Å². The van der Waals surface area contributed by atoms with Crippen molar-refractivity contribution in [2.45, 2.75) is 19.4 Å². The van der Waals surface area contributed by atoms with E-state index in [4.69, 9.17) is 0 Å². The molecule has 0 spiro atoms. The van der Waals surface area contributed by atoms with Gasteiger partial charge in [0.2, 0.25) is 0 Å². The van der Waals surface area contributed by atoms with E-state index in [-0.39, 0.29) is 5.56 Å². The minimum atomic E-state index is -0.107. The molecule has 6 nitrogen and oxygen atoms in total. The Morgan fingerprint density at radius 1 is 1.20 bits per heavy atom. The Kier molecular flexibility index (Phi) is 2.42. The lowest BCUT2D eigenvalue weighted by atomic mass is 10.3. The van der Waals surface area contributed by atoms with Gasteiger partial charge in [-0.3, -0.25) is 4.79 Å². The van der Waals surface area contributed by atoms with Crippen LogP contribution >= 0.6 is 0 Å². The molecule has 0 radical (unpaired) electrons. The maximum Gasteiger partial charge on any atom is 0.280 e. The molecule has 4 rings (SSSR count). The summed E-state index contributed by atoms with van der Waals surface area (Å²) in [5.41, 5.74) is 1.27. The van der Waals surface area contributed by atoms with Crippen LogP contribution in [-0.2, 0) is 6.54 Å². The van der Waals surface area contributed by atoms with Gasteiger partial charge in [0.25, 0.3) is 5.56 Å². The second kappa shape index (κ2) is 4.26. The van der Waals surface area contributed by atoms with Crippen LogP contribution in [0, 0.1) is 5.92 Å². The zero-order valence-corrected chi connectivity index (χ0v) is 10.8. The summed E-state index contributed by atoms with van der Waals surface area (Å²) in [7, 11) is 0. The van der Waals surface area contributed by atoms with Crippen molar-refractivity contribution >= 4 is 11.0 Å². The molecule has 2 heterocycles. The molecule has 1 aliphatic rings. The van der Waals surface area contributed by atoms with E-state index >= 15 is 0 Å². The van der Waals surface area contributed by atoms with E-state index in [9.17, 15) is 4.79 Å². The Bertz CT molecular complexity index is 816. The number of aromatic nitrogens is 5. The summed E-state index contributed by atoms with van der Waals surface area (Å²) in [6.45, 7) is 0.665. The highest BCUT2D eigenvalue weighted by Gasteiger charge is 2.23. The molecule has 0 amide bonds. The second-order valence-corrected chi connectivity index (χ2v) is 5.15. The van der Waals surface area contributed by atoms with E-state index in [0.29, 0.717) is 23.5 Å². The Morgan fingerprint density at radius 2 is 2.00 bits per heavy atom. The summed E-state index contributed by atoms with van der Waals surface area (Å²) in [5.74, 6) is 0.587. The van der Waals surface area contributed by atoms with Gasteiger partial charge >= 0.3 is 0 Å². The highest BCUT2D eigenvalue weighted by Crippen LogP contribution is 2.29. The molecule has 0 bridgehead atoms. The molecule has 0 aliphatic heterocycles. The van der Waals surface area contributed by atoms with Gasteiger partial charge < -0.3 is 0 Å². The number of nitrogens with zero attached hydrogens (tertiary/aromatic N) is 5. The minimum Gasteiger partial charge on any atom is -0.267 e. The SMILES string of the molecule is O=c1c2cnn(-c3ccccc3)c2nnn1CC1CC1. The number of hydrogen-bond acceptors (Lipinski definition) is 4. The van der Waals surface area contributed by atoms with Crippen LogP contribution in [0.15, 0.2) is 41.3 Å². The van der Waals surface area contributed by atoms with Gasteiger partial charge in [-0.2, -0.15) is 5.10 Å². The van der Waals surface area contributed by atoms with E-state index < -0.39 is 0 Å². The summed E-state index contributed by atoms with van der Waals surface area (Å²) < 4.78 is 3.10. The third-order valence-electron chi connectivity index (χ3n) is 3.58. The summed E-state index contributed by atoms with van der Waals surface area (Å²) in [5, 5.41) is 13.0. The summed E-state index contributed by atoms with van der Waals surface area (Å²) in [4.78, 5) is 12.3. The third kappa shape index (κ3) is 1.80. The summed E-state index contributed by atoms with van der Waals surface area (Å²) >= 11 is 0. The van der Waals surface area contributed by atoms with Gasteiger partial charge in [-0.25, -0.2) is 9.36 Å². The number of fused-ring (bicyclic) bond motifs is 1. The molecule has 1 fully saturated rings. The van der Waals surface area contributed by atoms with Crippen molar-refractivity contribution in [1.82, 2.24) is 24.8 Å². The predicted octanol–water partition coefficient (Wildman–Crippen LogP) is 1.39. The van der Waals surface area contributed by atoms with Crippen molar-refractivity contribution in [1.29, 1.82) is 0 Å². The molecule has 1 saturated carbocycles. The molecule has 2 aromatic heterocycles. The monoisotopic (exact) mass is 267 g/mol. The van der Waals surface area contributed by atoms with Crippen LogP contribution in [-0.4, -0.2) is 24.8 Å². The van der Waals surface area contributed by atoms with Gasteiger partial charge in [-0.05, 0) is 30.9 Å². The molecular weight excluding hydrogens is 254 g/mol. The smallest absolute Gasteiger partial charge is 0.267 e. The first-order chi connectivity index (χ1) is 9.83. The lowest BCUT2D eigenvalue weighted by molar-refractivity contribution is 0.510. The molecule has 6 heteroatoms. The molecule has 3 aromatic rings. The fourth-order valence-electron chi connectivity index (χ4n) is 2.29. The Labute approximate surface area is 114 Å². The van der Waals surface area contributed by atoms with Crippen molar-refractivity contribution in [3.05, 3.63) is 46.9 Å². The van der Waals surface area contributed by atoms with Gasteiger partial charge in [0.05, 0.1) is 11.9 Å². The first-order valence-corrected chi connectivity index (χ1v) is 6.70. The molecule has 0 N–H and O–H groups in total. The topological polar surface area (TPSA) is 65.6 Å². The standard InChI is InChI=1S/C14H13N5O/c20-14-12-8-15-19(11-4-2-1-3-5-11)13(12)16-17-18(14)9-10-6-7-10/h1-5,8,10H,6-7,9H2. The molecule has 100 valence electrons. The highest BCUT2D eigenvalue weighted by molar-refractivity contribution is 5.74. The summed E-state index contributed by atoms with van der Waals surface area (Å²) in [6.07, 6.45) is 3.92. The molecule has 0 unspecified atom stereocenters. The second-order valence-electron chi connectivity index (χ2n) is 5.15. The lowest BCUT2D eigenvalue weighted by Gasteiger charge is -2.03. The third-order valence-corrected chi connectivity index (χ3v) is 3.58. The first kappa shape index (κ1) is 11.3. The van der Waals surface area contributed by atoms with Crippen LogP contribution in [0.3, 0.4) is 0 Å². The van der Waals surface area contributed by atoms with Crippen LogP contribution in [0.4, 0.5) is 0 Å².